The van der Waals surface area contributed by atoms with E-state index in [1.807, 2.05) is 0 Å². The number of rotatable bonds is 69. The summed E-state index contributed by atoms with van der Waals surface area (Å²) < 4.78 is 17.0. The van der Waals surface area contributed by atoms with E-state index in [-0.39, 0.29) is 31.1 Å². The van der Waals surface area contributed by atoms with Crippen molar-refractivity contribution in [3.63, 3.8) is 0 Å². The van der Waals surface area contributed by atoms with Crippen LogP contribution in [0.1, 0.15) is 412 Å². The molecule has 0 aromatic heterocycles. The molecule has 482 valence electrons. The number of carbonyl (C=O) groups excluding carboxylic acids is 3. The molecule has 1 unspecified atom stereocenters. The molecule has 0 heterocycles. The van der Waals surface area contributed by atoms with Crippen LogP contribution in [-0.4, -0.2) is 37.2 Å². The van der Waals surface area contributed by atoms with E-state index in [1.165, 1.54) is 302 Å². The van der Waals surface area contributed by atoms with Crippen LogP contribution in [0.4, 0.5) is 0 Å². The molecule has 0 amide bonds. The van der Waals surface area contributed by atoms with E-state index >= 15 is 0 Å². The maximum atomic E-state index is 13.0. The third kappa shape index (κ3) is 68.4. The summed E-state index contributed by atoms with van der Waals surface area (Å²) in [6.45, 7) is 6.70. The Morgan fingerprint density at radius 2 is 0.439 bits per heavy atom. The minimum Gasteiger partial charge on any atom is -0.462 e. The van der Waals surface area contributed by atoms with Crippen LogP contribution in [0.5, 0.6) is 0 Å². The number of carbonyl (C=O) groups is 3. The number of allylic oxidation sites excluding steroid dienone is 6. The molecule has 0 aliphatic rings. The monoisotopic (exact) mass is 1150 g/mol. The zero-order valence-corrected chi connectivity index (χ0v) is 55.5. The molecular formula is C76H142O6. The molecule has 1 atom stereocenters. The standard InChI is InChI=1S/C76H142O6/c1-4-7-10-13-16-19-22-25-28-31-34-36-38-40-42-45-48-51-54-57-60-63-66-69-75(78)81-72-73(71-80-74(77)68-65-62-59-56-53-50-47-44-33-30-27-24-21-18-15-12-9-6-3)82-76(79)70-67-64-61-58-55-52-49-46-43-41-39-37-35-32-29-26-23-20-17-14-11-8-5-2/h21,24,30-31,33-34,73H,4-20,22-23,25-29,32,35-72H2,1-3H3/b24-21-,33-30-,34-31-. The third-order valence-corrected chi connectivity index (χ3v) is 16.9. The zero-order chi connectivity index (χ0) is 59.2. The summed E-state index contributed by atoms with van der Waals surface area (Å²) in [6, 6.07) is 0. The number of hydrogen-bond donors (Lipinski definition) is 0. The van der Waals surface area contributed by atoms with E-state index in [4.69, 9.17) is 14.2 Å². The van der Waals surface area contributed by atoms with Crippen LogP contribution in [0, 0.1) is 0 Å². The van der Waals surface area contributed by atoms with Gasteiger partial charge in [0.15, 0.2) is 6.10 Å². The first-order valence-electron chi connectivity index (χ1n) is 37.0. The summed E-state index contributed by atoms with van der Waals surface area (Å²) in [5.41, 5.74) is 0. The van der Waals surface area contributed by atoms with Crippen molar-refractivity contribution in [1.29, 1.82) is 0 Å². The minimum absolute atomic E-state index is 0.0701. The van der Waals surface area contributed by atoms with Gasteiger partial charge in [-0.05, 0) is 77.0 Å². The Morgan fingerprint density at radius 1 is 0.244 bits per heavy atom. The van der Waals surface area contributed by atoms with E-state index in [1.54, 1.807) is 0 Å². The quantitative estimate of drug-likeness (QED) is 0.0261. The molecular weight excluding hydrogens is 1010 g/mol. The van der Waals surface area contributed by atoms with Gasteiger partial charge in [-0.1, -0.05) is 353 Å². The van der Waals surface area contributed by atoms with E-state index in [9.17, 15) is 14.4 Å². The normalized spacial score (nSPS) is 12.2. The van der Waals surface area contributed by atoms with E-state index in [0.717, 1.165) is 70.6 Å². The van der Waals surface area contributed by atoms with Gasteiger partial charge in [-0.2, -0.15) is 0 Å². The average Bonchev–Trinajstić information content (AvgIpc) is 3.47. The first-order valence-corrected chi connectivity index (χ1v) is 37.0. The summed E-state index contributed by atoms with van der Waals surface area (Å²) >= 11 is 0. The Morgan fingerprint density at radius 3 is 0.695 bits per heavy atom. The second-order valence-electron chi connectivity index (χ2n) is 25.2. The Labute approximate surface area is 512 Å². The van der Waals surface area contributed by atoms with Crippen LogP contribution >= 0.6 is 0 Å². The molecule has 0 fully saturated rings. The fraction of sp³-hybridized carbons (Fsp3) is 0.882. The molecule has 0 saturated carbocycles. The van der Waals surface area contributed by atoms with Gasteiger partial charge in [0.1, 0.15) is 13.2 Å². The van der Waals surface area contributed by atoms with Gasteiger partial charge >= 0.3 is 17.9 Å². The molecule has 0 aromatic carbocycles. The molecule has 0 spiro atoms. The van der Waals surface area contributed by atoms with Crippen molar-refractivity contribution in [2.45, 2.75) is 419 Å². The topological polar surface area (TPSA) is 78.9 Å². The van der Waals surface area contributed by atoms with Gasteiger partial charge in [0.2, 0.25) is 0 Å². The Bertz CT molecular complexity index is 1370. The number of unbranched alkanes of at least 4 members (excludes halogenated alkanes) is 52. The summed E-state index contributed by atoms with van der Waals surface area (Å²) in [7, 11) is 0. The Balaban J connectivity index is 4.30. The van der Waals surface area contributed by atoms with Crippen LogP contribution in [-0.2, 0) is 28.6 Å². The van der Waals surface area contributed by atoms with Crippen molar-refractivity contribution in [1.82, 2.24) is 0 Å². The molecule has 6 nitrogen and oxygen atoms in total. The van der Waals surface area contributed by atoms with E-state index in [2.05, 4.69) is 57.2 Å². The molecule has 6 heteroatoms. The second-order valence-corrected chi connectivity index (χ2v) is 25.2. The van der Waals surface area contributed by atoms with Crippen molar-refractivity contribution in [2.75, 3.05) is 13.2 Å². The van der Waals surface area contributed by atoms with Crippen molar-refractivity contribution >= 4 is 17.9 Å². The first-order chi connectivity index (χ1) is 40.5. The maximum absolute atomic E-state index is 13.0. The molecule has 0 N–H and O–H groups in total. The summed E-state index contributed by atoms with van der Waals surface area (Å²) in [5, 5.41) is 0. The number of ether oxygens (including phenoxy) is 3. The van der Waals surface area contributed by atoms with Gasteiger partial charge in [0.25, 0.3) is 0 Å². The lowest BCUT2D eigenvalue weighted by atomic mass is 10.0. The summed E-state index contributed by atoms with van der Waals surface area (Å²) in [4.78, 5) is 38.5. The van der Waals surface area contributed by atoms with Gasteiger partial charge in [0, 0.05) is 19.3 Å². The number of esters is 3. The molecule has 0 rings (SSSR count). The molecule has 0 saturated heterocycles. The first kappa shape index (κ1) is 79.6. The lowest BCUT2D eigenvalue weighted by molar-refractivity contribution is -0.167. The highest BCUT2D eigenvalue weighted by Crippen LogP contribution is 2.19. The fourth-order valence-corrected chi connectivity index (χ4v) is 11.3. The van der Waals surface area contributed by atoms with E-state index < -0.39 is 6.10 Å². The lowest BCUT2D eigenvalue weighted by Crippen LogP contribution is -2.30. The zero-order valence-electron chi connectivity index (χ0n) is 55.5. The minimum atomic E-state index is -0.775. The largest absolute Gasteiger partial charge is 0.462 e. The molecule has 0 radical (unpaired) electrons. The maximum Gasteiger partial charge on any atom is 0.306 e. The predicted octanol–water partition coefficient (Wildman–Crippen LogP) is 25.5. The van der Waals surface area contributed by atoms with Gasteiger partial charge < -0.3 is 14.2 Å². The predicted molar refractivity (Wildman–Crippen MR) is 358 cm³/mol. The summed E-state index contributed by atoms with van der Waals surface area (Å²) in [5.74, 6) is -0.846. The summed E-state index contributed by atoms with van der Waals surface area (Å²) in [6.07, 6.45) is 88.9. The van der Waals surface area contributed by atoms with Crippen molar-refractivity contribution < 1.29 is 28.6 Å². The van der Waals surface area contributed by atoms with Crippen molar-refractivity contribution in [3.05, 3.63) is 36.5 Å². The van der Waals surface area contributed by atoms with Crippen LogP contribution in [0.3, 0.4) is 0 Å². The Kier molecular flexibility index (Phi) is 69.1. The van der Waals surface area contributed by atoms with E-state index in [0.29, 0.717) is 19.3 Å². The highest BCUT2D eigenvalue weighted by atomic mass is 16.6. The number of hydrogen-bond acceptors (Lipinski definition) is 6. The molecule has 0 bridgehead atoms. The molecule has 0 aliphatic carbocycles. The second kappa shape index (κ2) is 71.1. The van der Waals surface area contributed by atoms with Gasteiger partial charge in [-0.25, -0.2) is 0 Å². The SMILES string of the molecule is CCCCCC/C=C\C/C=C\CCCCCCCCCC(=O)OCC(COC(=O)CCCCCCCCCCCCC/C=C\CCCCCCCCCC)OC(=O)CCCCCCCCCCCCCCCCCCCCCCCCC. The third-order valence-electron chi connectivity index (χ3n) is 16.9. The lowest BCUT2D eigenvalue weighted by Gasteiger charge is -2.18. The highest BCUT2D eigenvalue weighted by Gasteiger charge is 2.19. The van der Waals surface area contributed by atoms with Crippen LogP contribution < -0.4 is 0 Å². The van der Waals surface area contributed by atoms with Crippen LogP contribution in [0.15, 0.2) is 36.5 Å². The highest BCUT2D eigenvalue weighted by molar-refractivity contribution is 5.71. The molecule has 0 aliphatic heterocycles. The van der Waals surface area contributed by atoms with Gasteiger partial charge in [-0.15, -0.1) is 0 Å². The van der Waals surface area contributed by atoms with Crippen molar-refractivity contribution in [2.24, 2.45) is 0 Å². The Hall–Kier alpha value is -2.37. The molecule has 0 aromatic rings. The molecule has 82 heavy (non-hydrogen) atoms. The van der Waals surface area contributed by atoms with Gasteiger partial charge in [-0.3, -0.25) is 14.4 Å². The van der Waals surface area contributed by atoms with Crippen LogP contribution in [0.2, 0.25) is 0 Å². The van der Waals surface area contributed by atoms with Crippen LogP contribution in [0.25, 0.3) is 0 Å². The smallest absolute Gasteiger partial charge is 0.306 e. The van der Waals surface area contributed by atoms with Crippen molar-refractivity contribution in [3.8, 4) is 0 Å². The average molecular weight is 1150 g/mol. The van der Waals surface area contributed by atoms with Gasteiger partial charge in [0.05, 0.1) is 0 Å². The fourth-order valence-electron chi connectivity index (χ4n) is 11.3.